The number of carbonyl (C=O) groups excluding carboxylic acids is 1. The molecule has 0 spiro atoms. The van der Waals surface area contributed by atoms with Gasteiger partial charge in [0.1, 0.15) is 0 Å². The molecule has 0 aliphatic carbocycles. The molecule has 10 nitrogen and oxygen atoms in total. The molecule has 3 rings (SSSR count). The maximum atomic E-state index is 12.6. The van der Waals surface area contributed by atoms with Crippen molar-refractivity contribution in [3.05, 3.63) is 52.0 Å². The Hall–Kier alpha value is -3.36. The Labute approximate surface area is 200 Å². The molecule has 1 heterocycles. The number of hydrogen-bond acceptors (Lipinski definition) is 7. The Morgan fingerprint density at radius 3 is 2.55 bits per heavy atom. The number of nitrogens with zero attached hydrogens (tertiary/aromatic N) is 2. The van der Waals surface area contributed by atoms with E-state index in [0.29, 0.717) is 16.5 Å². The predicted octanol–water partition coefficient (Wildman–Crippen LogP) is 0.943. The number of carbonyl (C=O) groups is 3. The number of carboxylic acid groups (broad SMARTS) is 2. The van der Waals surface area contributed by atoms with Crippen LogP contribution in [0.5, 0.6) is 0 Å². The quantitative estimate of drug-likeness (QED) is 0.264. The van der Waals surface area contributed by atoms with Crippen LogP contribution >= 0.6 is 11.6 Å². The minimum absolute atomic E-state index is 0.0875. The molecule has 33 heavy (non-hydrogen) atoms. The average molecular weight is 533 g/mol. The summed E-state index contributed by atoms with van der Waals surface area (Å²) in [6.07, 6.45) is -0.746. The fourth-order valence-corrected chi connectivity index (χ4v) is 5.73. The van der Waals surface area contributed by atoms with Crippen molar-refractivity contribution in [1.29, 1.82) is 0 Å². The molecule has 171 valence electrons. The molecule has 1 radical (unpaired) electrons. The van der Waals surface area contributed by atoms with Crippen LogP contribution < -0.4 is 21.1 Å². The van der Waals surface area contributed by atoms with Crippen LogP contribution in [0.2, 0.25) is 5.02 Å². The van der Waals surface area contributed by atoms with E-state index in [0.717, 1.165) is 20.9 Å². The number of nitrogens with two attached hydrogens (primary N) is 2. The first-order chi connectivity index (χ1) is 15.6. The first kappa shape index (κ1) is 24.3. The topological polar surface area (TPSA) is 182 Å². The molecule has 12 heteroatoms. The number of nitrogen functional groups attached to an aromatic ring is 2. The molecule has 0 bridgehead atoms. The number of aromatic nitrogens is 2. The number of benzene rings is 2. The first-order valence-corrected chi connectivity index (χ1v) is 12.2. The minimum atomic E-state index is -1.56. The van der Waals surface area contributed by atoms with Crippen LogP contribution in [0.4, 0.5) is 11.8 Å². The number of fused-ring (bicyclic) bond motifs is 1. The van der Waals surface area contributed by atoms with Crippen molar-refractivity contribution >= 4 is 72.2 Å². The summed E-state index contributed by atoms with van der Waals surface area (Å²) in [4.78, 5) is 42.9. The first-order valence-electron chi connectivity index (χ1n) is 9.60. The van der Waals surface area contributed by atoms with Gasteiger partial charge in [0.05, 0.1) is 0 Å². The average Bonchev–Trinajstić information content (AvgIpc) is 2.72. The van der Waals surface area contributed by atoms with Gasteiger partial charge in [0.25, 0.3) is 0 Å². The molecule has 0 aliphatic heterocycles. The van der Waals surface area contributed by atoms with E-state index in [1.165, 1.54) is 0 Å². The summed E-state index contributed by atoms with van der Waals surface area (Å²) < 4.78 is 0.881. The second-order valence-electron chi connectivity index (χ2n) is 7.15. The van der Waals surface area contributed by atoms with Crippen molar-refractivity contribution in [3.8, 4) is 0 Å². The van der Waals surface area contributed by atoms with Gasteiger partial charge in [-0.1, -0.05) is 0 Å². The van der Waals surface area contributed by atoms with E-state index in [4.69, 9.17) is 33.3 Å². The van der Waals surface area contributed by atoms with E-state index >= 15 is 0 Å². The van der Waals surface area contributed by atoms with Gasteiger partial charge in [0.15, 0.2) is 0 Å². The zero-order chi connectivity index (χ0) is 24.3. The van der Waals surface area contributed by atoms with Crippen LogP contribution in [-0.4, -0.2) is 59.8 Å². The van der Waals surface area contributed by atoms with Gasteiger partial charge >= 0.3 is 200 Å². The molecule has 0 aliphatic rings. The standard InChI is InChI=1S/C21H20AsClN5O5/c1-9-10(2-5-14-17(9)18(24)28-21(25)27-14)8-22-11-3-4-13(23)12(6-11)19(31)26-15(20(32)33)7-16(29)30/h2-6,15H,7-8H2,1H3,(H,26,31)(H,29,30)(H,32,33)(H4,24,25,27,28)/t15-/m0/s1. The van der Waals surface area contributed by atoms with Crippen molar-refractivity contribution < 1.29 is 24.6 Å². The SMILES string of the molecule is Cc1c(C[As]c2ccc(Cl)c(C(=O)N[C@@H](CC(=O)O)C(=O)O)c2)ccc2nc(N)nc(N)c12. The summed E-state index contributed by atoms with van der Waals surface area (Å²) in [6, 6.07) is 7.20. The molecule has 0 saturated carbocycles. The zero-order valence-corrected chi connectivity index (χ0v) is 20.0. The van der Waals surface area contributed by atoms with Gasteiger partial charge in [-0.3, -0.25) is 0 Å². The number of nitrogens with one attached hydrogen (secondary N) is 1. The summed E-state index contributed by atoms with van der Waals surface area (Å²) in [5.74, 6) is -3.11. The number of amides is 1. The van der Waals surface area contributed by atoms with Gasteiger partial charge in [0.2, 0.25) is 0 Å². The Bertz CT molecular complexity index is 1270. The fourth-order valence-electron chi connectivity index (χ4n) is 3.23. The van der Waals surface area contributed by atoms with Crippen molar-refractivity contribution in [2.24, 2.45) is 0 Å². The van der Waals surface area contributed by atoms with Gasteiger partial charge in [-0.05, 0) is 0 Å². The number of halogens is 1. The third-order valence-corrected chi connectivity index (χ3v) is 7.62. The Morgan fingerprint density at radius 2 is 1.88 bits per heavy atom. The predicted molar refractivity (Wildman–Crippen MR) is 125 cm³/mol. The van der Waals surface area contributed by atoms with Crippen molar-refractivity contribution in [2.45, 2.75) is 24.6 Å². The molecule has 0 unspecified atom stereocenters. The van der Waals surface area contributed by atoms with E-state index in [2.05, 4.69) is 15.3 Å². The third kappa shape index (κ3) is 5.71. The molecule has 3 aromatic rings. The normalized spacial score (nSPS) is 12.2. The van der Waals surface area contributed by atoms with E-state index in [1.54, 1.807) is 18.2 Å². The van der Waals surface area contributed by atoms with Gasteiger partial charge in [0, 0.05) is 0 Å². The molecule has 1 aromatic heterocycles. The maximum absolute atomic E-state index is 12.6. The number of hydrogen-bond donors (Lipinski definition) is 5. The second kappa shape index (κ2) is 10.1. The van der Waals surface area contributed by atoms with Gasteiger partial charge < -0.3 is 0 Å². The third-order valence-electron chi connectivity index (χ3n) is 4.89. The summed E-state index contributed by atoms with van der Waals surface area (Å²) in [5, 5.41) is 21.8. The summed E-state index contributed by atoms with van der Waals surface area (Å²) in [6.45, 7) is 1.93. The van der Waals surface area contributed by atoms with Crippen LogP contribution in [0, 0.1) is 6.92 Å². The van der Waals surface area contributed by atoms with Gasteiger partial charge in [-0.2, -0.15) is 0 Å². The van der Waals surface area contributed by atoms with Crippen LogP contribution in [0.15, 0.2) is 30.3 Å². The second-order valence-corrected chi connectivity index (χ2v) is 9.97. The Kier molecular flexibility index (Phi) is 7.40. The molecular formula is C21H20AsClN5O5. The molecule has 2 aromatic carbocycles. The molecule has 1 amide bonds. The molecule has 7 N–H and O–H groups in total. The Balaban J connectivity index is 1.80. The summed E-state index contributed by atoms with van der Waals surface area (Å²) >= 11 is 5.72. The zero-order valence-electron chi connectivity index (χ0n) is 17.4. The molecule has 0 fully saturated rings. The van der Waals surface area contributed by atoms with Crippen LogP contribution in [-0.2, 0) is 14.8 Å². The molecular weight excluding hydrogens is 513 g/mol. The van der Waals surface area contributed by atoms with Crippen LogP contribution in [0.1, 0.15) is 27.9 Å². The van der Waals surface area contributed by atoms with Crippen molar-refractivity contribution in [2.75, 3.05) is 11.5 Å². The number of carboxylic acids is 2. The van der Waals surface area contributed by atoms with E-state index in [9.17, 15) is 14.4 Å². The molecule has 0 saturated heterocycles. The number of aryl methyl sites for hydroxylation is 1. The van der Waals surface area contributed by atoms with E-state index < -0.39 is 46.1 Å². The number of rotatable bonds is 8. The van der Waals surface area contributed by atoms with E-state index in [1.807, 2.05) is 19.1 Å². The van der Waals surface area contributed by atoms with Gasteiger partial charge in [-0.25, -0.2) is 0 Å². The van der Waals surface area contributed by atoms with E-state index in [-0.39, 0.29) is 16.5 Å². The monoisotopic (exact) mass is 532 g/mol. The van der Waals surface area contributed by atoms with Crippen LogP contribution in [0.25, 0.3) is 10.9 Å². The summed E-state index contributed by atoms with van der Waals surface area (Å²) in [5.41, 5.74) is 14.5. The van der Waals surface area contributed by atoms with Crippen molar-refractivity contribution in [3.63, 3.8) is 0 Å². The van der Waals surface area contributed by atoms with Crippen molar-refractivity contribution in [1.82, 2.24) is 15.3 Å². The summed E-state index contributed by atoms with van der Waals surface area (Å²) in [7, 11) is 0. The van der Waals surface area contributed by atoms with Crippen LogP contribution in [0.3, 0.4) is 0 Å². The molecule has 1 atom stereocenters. The number of aliphatic carboxylic acids is 2. The number of anilines is 2. The Morgan fingerprint density at radius 1 is 1.15 bits per heavy atom. The van der Waals surface area contributed by atoms with Gasteiger partial charge in [-0.15, -0.1) is 0 Å². The fraction of sp³-hybridized carbons (Fsp3) is 0.190.